The number of nitrogens with zero attached hydrogens (tertiary/aromatic N) is 5. The number of hydrogen-bond donors (Lipinski definition) is 1. The van der Waals surface area contributed by atoms with E-state index in [1.807, 2.05) is 31.1 Å². The summed E-state index contributed by atoms with van der Waals surface area (Å²) in [4.78, 5) is 17.0. The largest absolute Gasteiger partial charge is 0.360 e. The van der Waals surface area contributed by atoms with E-state index < -0.39 is 0 Å². The summed E-state index contributed by atoms with van der Waals surface area (Å²) in [6.07, 6.45) is 3.61. The van der Waals surface area contributed by atoms with Crippen LogP contribution in [-0.2, 0) is 18.4 Å². The van der Waals surface area contributed by atoms with Crippen LogP contribution in [-0.4, -0.2) is 63.9 Å². The maximum atomic E-state index is 12.8. The Kier molecular flexibility index (Phi) is 4.96. The van der Waals surface area contributed by atoms with Crippen LogP contribution < -0.4 is 5.32 Å². The summed E-state index contributed by atoms with van der Waals surface area (Å²) in [6, 6.07) is 1.61. The number of aryl methyl sites for hydroxylation is 2. The van der Waals surface area contributed by atoms with Gasteiger partial charge in [-0.15, -0.1) is 0 Å². The van der Waals surface area contributed by atoms with E-state index in [4.69, 9.17) is 4.52 Å². The van der Waals surface area contributed by atoms with E-state index in [1.54, 1.807) is 17.9 Å². The maximum absolute atomic E-state index is 12.8. The molecule has 1 aliphatic rings. The van der Waals surface area contributed by atoms with Crippen LogP contribution >= 0.6 is 0 Å². The van der Waals surface area contributed by atoms with Gasteiger partial charge in [-0.3, -0.25) is 14.4 Å². The number of aromatic nitrogens is 3. The van der Waals surface area contributed by atoms with Crippen molar-refractivity contribution in [2.75, 3.05) is 33.2 Å². The summed E-state index contributed by atoms with van der Waals surface area (Å²) in [7, 11) is 3.66. The van der Waals surface area contributed by atoms with Gasteiger partial charge < -0.3 is 14.7 Å². The molecular formula is C16H24N6O2. The zero-order chi connectivity index (χ0) is 17.1. The molecule has 8 nitrogen and oxygen atoms in total. The molecule has 2 aromatic rings. The Morgan fingerprint density at radius 2 is 2.12 bits per heavy atom. The zero-order valence-corrected chi connectivity index (χ0v) is 14.4. The molecule has 3 heterocycles. The van der Waals surface area contributed by atoms with Gasteiger partial charge in [0.05, 0.1) is 18.4 Å². The molecule has 2 aromatic heterocycles. The first kappa shape index (κ1) is 16.7. The first-order valence-electron chi connectivity index (χ1n) is 8.16. The lowest BCUT2D eigenvalue weighted by Gasteiger charge is -2.35. The molecule has 130 valence electrons. The van der Waals surface area contributed by atoms with E-state index in [0.29, 0.717) is 13.1 Å². The summed E-state index contributed by atoms with van der Waals surface area (Å²) in [5.74, 6) is 0.969. The molecule has 1 fully saturated rings. The molecule has 0 bridgehead atoms. The van der Waals surface area contributed by atoms with Gasteiger partial charge in [0, 0.05) is 51.1 Å². The van der Waals surface area contributed by atoms with Gasteiger partial charge in [0.15, 0.2) is 5.76 Å². The van der Waals surface area contributed by atoms with Crippen LogP contribution in [0.3, 0.4) is 0 Å². The summed E-state index contributed by atoms with van der Waals surface area (Å²) >= 11 is 0. The topological polar surface area (TPSA) is 79.4 Å². The third-order valence-electron chi connectivity index (χ3n) is 4.33. The molecular weight excluding hydrogens is 308 g/mol. The van der Waals surface area contributed by atoms with Crippen LogP contribution in [0.5, 0.6) is 0 Å². The van der Waals surface area contributed by atoms with Crippen molar-refractivity contribution < 1.29 is 9.32 Å². The smallest absolute Gasteiger partial charge is 0.244 e. The fourth-order valence-corrected chi connectivity index (χ4v) is 3.04. The molecule has 1 N–H and O–H groups in total. The van der Waals surface area contributed by atoms with E-state index in [1.165, 1.54) is 0 Å². The predicted molar refractivity (Wildman–Crippen MR) is 88.1 cm³/mol. The molecule has 1 aliphatic heterocycles. The van der Waals surface area contributed by atoms with E-state index in [2.05, 4.69) is 20.5 Å². The third-order valence-corrected chi connectivity index (χ3v) is 4.33. The minimum absolute atomic E-state index is 0.0978. The van der Waals surface area contributed by atoms with Crippen molar-refractivity contribution in [3.05, 3.63) is 35.5 Å². The van der Waals surface area contributed by atoms with Crippen LogP contribution in [0.25, 0.3) is 0 Å². The lowest BCUT2D eigenvalue weighted by Crippen LogP contribution is -2.51. The predicted octanol–water partition coefficient (Wildman–Crippen LogP) is 0.321. The second-order valence-corrected chi connectivity index (χ2v) is 6.21. The molecule has 1 unspecified atom stereocenters. The normalized spacial score (nSPS) is 17.2. The number of nitrogens with one attached hydrogen (secondary N) is 1. The number of hydrogen-bond acceptors (Lipinski definition) is 6. The monoisotopic (exact) mass is 332 g/mol. The lowest BCUT2D eigenvalue weighted by molar-refractivity contribution is -0.135. The van der Waals surface area contributed by atoms with E-state index in [0.717, 1.165) is 36.7 Å². The van der Waals surface area contributed by atoms with Crippen molar-refractivity contribution in [2.45, 2.75) is 19.5 Å². The van der Waals surface area contributed by atoms with Gasteiger partial charge in [-0.25, -0.2) is 0 Å². The minimum Gasteiger partial charge on any atom is -0.360 e. The van der Waals surface area contributed by atoms with Gasteiger partial charge in [0.25, 0.3) is 0 Å². The molecule has 0 radical (unpaired) electrons. The highest BCUT2D eigenvalue weighted by Gasteiger charge is 2.28. The van der Waals surface area contributed by atoms with Gasteiger partial charge >= 0.3 is 0 Å². The highest BCUT2D eigenvalue weighted by Crippen LogP contribution is 2.17. The van der Waals surface area contributed by atoms with Crippen molar-refractivity contribution in [2.24, 2.45) is 7.05 Å². The molecule has 0 spiro atoms. The molecule has 24 heavy (non-hydrogen) atoms. The van der Waals surface area contributed by atoms with Crippen LogP contribution in [0.2, 0.25) is 0 Å². The minimum atomic E-state index is -0.345. The Hall–Kier alpha value is -2.19. The Labute approximate surface area is 141 Å². The van der Waals surface area contributed by atoms with Gasteiger partial charge in [-0.2, -0.15) is 5.10 Å². The average Bonchev–Trinajstić information content (AvgIpc) is 3.17. The van der Waals surface area contributed by atoms with Crippen LogP contribution in [0.4, 0.5) is 0 Å². The molecule has 0 saturated carbocycles. The first-order valence-corrected chi connectivity index (χ1v) is 8.16. The van der Waals surface area contributed by atoms with Crippen molar-refractivity contribution in [3.63, 3.8) is 0 Å². The molecule has 0 aromatic carbocycles. The molecule has 0 aliphatic carbocycles. The van der Waals surface area contributed by atoms with Crippen LogP contribution in [0.15, 0.2) is 23.0 Å². The Morgan fingerprint density at radius 1 is 1.38 bits per heavy atom. The Balaban J connectivity index is 1.56. The van der Waals surface area contributed by atoms with E-state index >= 15 is 0 Å². The second-order valence-electron chi connectivity index (χ2n) is 6.21. The summed E-state index contributed by atoms with van der Waals surface area (Å²) < 4.78 is 6.98. The van der Waals surface area contributed by atoms with E-state index in [-0.39, 0.29) is 11.9 Å². The Morgan fingerprint density at radius 3 is 2.67 bits per heavy atom. The maximum Gasteiger partial charge on any atom is 0.244 e. The van der Waals surface area contributed by atoms with Crippen molar-refractivity contribution in [1.29, 1.82) is 0 Å². The van der Waals surface area contributed by atoms with Crippen LogP contribution in [0.1, 0.15) is 23.1 Å². The second kappa shape index (κ2) is 7.14. The number of likely N-dealkylation sites (N-methyl/N-ethyl adjacent to an activating group) is 1. The lowest BCUT2D eigenvalue weighted by atomic mass is 10.1. The summed E-state index contributed by atoms with van der Waals surface area (Å²) in [5.41, 5.74) is 1.79. The highest BCUT2D eigenvalue weighted by molar-refractivity contribution is 5.83. The van der Waals surface area contributed by atoms with Gasteiger partial charge in [0.2, 0.25) is 5.91 Å². The third kappa shape index (κ3) is 3.65. The zero-order valence-electron chi connectivity index (χ0n) is 14.4. The Bertz CT molecular complexity index is 686. The van der Waals surface area contributed by atoms with Gasteiger partial charge in [-0.05, 0) is 14.0 Å². The quantitative estimate of drug-likeness (QED) is 0.850. The van der Waals surface area contributed by atoms with E-state index in [9.17, 15) is 4.79 Å². The van der Waals surface area contributed by atoms with Crippen molar-refractivity contribution >= 4 is 5.91 Å². The average molecular weight is 332 g/mol. The first-order chi connectivity index (χ1) is 11.6. The molecule has 8 heteroatoms. The molecule has 3 rings (SSSR count). The number of carbonyl (C=O) groups is 1. The van der Waals surface area contributed by atoms with Crippen molar-refractivity contribution in [3.8, 4) is 0 Å². The number of piperazine rings is 1. The van der Waals surface area contributed by atoms with Gasteiger partial charge in [0.1, 0.15) is 6.04 Å². The van der Waals surface area contributed by atoms with Crippen molar-refractivity contribution in [1.82, 2.24) is 30.1 Å². The highest BCUT2D eigenvalue weighted by atomic mass is 16.5. The molecule has 1 amide bonds. The number of rotatable bonds is 5. The molecule has 1 saturated heterocycles. The number of amides is 1. The standard InChI is InChI=1S/C16H24N6O2/c1-12-8-14(24-19-12)11-21-4-6-22(7-5-21)16(23)15(17-2)13-9-18-20(3)10-13/h8-10,15,17H,4-7,11H2,1-3H3. The summed E-state index contributed by atoms with van der Waals surface area (Å²) in [5, 5.41) is 11.2. The number of carbonyl (C=O) groups excluding carboxylic acids is 1. The van der Waals surface area contributed by atoms with Gasteiger partial charge in [-0.1, -0.05) is 5.16 Å². The van der Waals surface area contributed by atoms with Crippen LogP contribution in [0, 0.1) is 6.92 Å². The fraction of sp³-hybridized carbons (Fsp3) is 0.562. The molecule has 1 atom stereocenters. The SMILES string of the molecule is CNC(C(=O)N1CCN(Cc2cc(C)no2)CC1)c1cnn(C)c1. The summed E-state index contributed by atoms with van der Waals surface area (Å²) in [6.45, 7) is 5.74. The fourth-order valence-electron chi connectivity index (χ4n) is 3.04.